The third-order valence-corrected chi connectivity index (χ3v) is 3.76. The number of carbonyl (C=O) groups excluding carboxylic acids is 1. The van der Waals surface area contributed by atoms with E-state index >= 15 is 0 Å². The molecule has 1 atom stereocenters. The molecule has 20 heavy (non-hydrogen) atoms. The van der Waals surface area contributed by atoms with Crippen LogP contribution >= 0.6 is 11.8 Å². The SMILES string of the molecule is NC(=NCCCCC(N)C(=O)N1CCSC1)N[N+](=O)[O-]. The molecule has 1 rings (SSSR count). The van der Waals surface area contributed by atoms with Crippen LogP contribution in [-0.2, 0) is 4.79 Å². The number of nitrogens with zero attached hydrogens (tertiary/aromatic N) is 3. The van der Waals surface area contributed by atoms with Crippen LogP contribution in [-0.4, -0.2) is 52.6 Å². The molecule has 10 heteroatoms. The van der Waals surface area contributed by atoms with E-state index in [0.29, 0.717) is 19.4 Å². The van der Waals surface area contributed by atoms with Gasteiger partial charge in [-0.1, -0.05) is 5.43 Å². The molecule has 0 saturated carbocycles. The smallest absolute Gasteiger partial charge is 0.251 e. The van der Waals surface area contributed by atoms with Crippen molar-refractivity contribution in [3.05, 3.63) is 10.1 Å². The summed E-state index contributed by atoms with van der Waals surface area (Å²) in [6.07, 6.45) is 1.98. The molecule has 1 amide bonds. The lowest BCUT2D eigenvalue weighted by molar-refractivity contribution is -0.525. The molecule has 0 radical (unpaired) electrons. The minimum atomic E-state index is -0.762. The highest BCUT2D eigenvalue weighted by atomic mass is 32.2. The third-order valence-electron chi connectivity index (χ3n) is 2.79. The van der Waals surface area contributed by atoms with Gasteiger partial charge in [0.25, 0.3) is 5.96 Å². The van der Waals surface area contributed by atoms with E-state index in [-0.39, 0.29) is 11.9 Å². The van der Waals surface area contributed by atoms with Crippen molar-refractivity contribution in [2.24, 2.45) is 16.5 Å². The van der Waals surface area contributed by atoms with E-state index in [9.17, 15) is 14.9 Å². The van der Waals surface area contributed by atoms with E-state index in [1.165, 1.54) is 0 Å². The molecule has 0 aliphatic carbocycles. The second-order valence-electron chi connectivity index (χ2n) is 4.38. The van der Waals surface area contributed by atoms with Gasteiger partial charge in [0.15, 0.2) is 5.03 Å². The van der Waals surface area contributed by atoms with Crippen LogP contribution in [0.25, 0.3) is 0 Å². The molecule has 5 N–H and O–H groups in total. The number of hydrazine groups is 1. The van der Waals surface area contributed by atoms with Crippen LogP contribution in [0, 0.1) is 10.1 Å². The number of nitrogens with two attached hydrogens (primary N) is 2. The number of nitro groups is 1. The van der Waals surface area contributed by atoms with Crippen molar-refractivity contribution < 1.29 is 9.83 Å². The van der Waals surface area contributed by atoms with Gasteiger partial charge in [-0.15, -0.1) is 11.8 Å². The van der Waals surface area contributed by atoms with Crippen LogP contribution in [0.5, 0.6) is 0 Å². The summed E-state index contributed by atoms with van der Waals surface area (Å²) >= 11 is 1.72. The maximum atomic E-state index is 11.9. The van der Waals surface area contributed by atoms with E-state index < -0.39 is 11.1 Å². The number of nitrogens with one attached hydrogen (secondary N) is 1. The number of amides is 1. The zero-order chi connectivity index (χ0) is 15.0. The van der Waals surface area contributed by atoms with E-state index in [0.717, 1.165) is 24.6 Å². The number of unbranched alkanes of at least 4 members (excludes halogenated alkanes) is 1. The minimum absolute atomic E-state index is 0.00645. The minimum Gasteiger partial charge on any atom is -0.365 e. The Hall–Kier alpha value is -1.55. The fourth-order valence-electron chi connectivity index (χ4n) is 1.75. The Morgan fingerprint density at radius 3 is 2.90 bits per heavy atom. The highest BCUT2D eigenvalue weighted by Gasteiger charge is 2.23. The van der Waals surface area contributed by atoms with Crippen molar-refractivity contribution in [3.63, 3.8) is 0 Å². The standard InChI is InChI=1S/C10H20N6O3S/c11-8(9(17)15-5-6-20-7-15)3-1-2-4-13-10(12)14-16(18)19/h8H,1-7,11H2,(H3,12,13,14). The molecule has 0 aromatic carbocycles. The predicted octanol–water partition coefficient (Wildman–Crippen LogP) is -0.887. The summed E-state index contributed by atoms with van der Waals surface area (Å²) < 4.78 is 0. The third kappa shape index (κ3) is 6.06. The Morgan fingerprint density at radius 1 is 1.55 bits per heavy atom. The summed E-state index contributed by atoms with van der Waals surface area (Å²) in [6, 6.07) is -0.480. The zero-order valence-electron chi connectivity index (χ0n) is 11.2. The van der Waals surface area contributed by atoms with Crippen molar-refractivity contribution >= 4 is 23.6 Å². The molecule has 0 aromatic rings. The molecule has 1 aliphatic rings. The summed E-state index contributed by atoms with van der Waals surface area (Å²) in [5.74, 6) is 1.47. The van der Waals surface area contributed by atoms with E-state index in [1.54, 1.807) is 22.1 Å². The van der Waals surface area contributed by atoms with E-state index in [1.807, 2.05) is 0 Å². The highest BCUT2D eigenvalue weighted by molar-refractivity contribution is 7.99. The predicted molar refractivity (Wildman–Crippen MR) is 77.5 cm³/mol. The zero-order valence-corrected chi connectivity index (χ0v) is 12.0. The molecule has 0 spiro atoms. The van der Waals surface area contributed by atoms with Gasteiger partial charge in [-0.25, -0.2) is 15.1 Å². The summed E-state index contributed by atoms with van der Waals surface area (Å²) in [6.45, 7) is 1.14. The number of thioether (sulfide) groups is 1. The Bertz CT molecular complexity index is 372. The Balaban J connectivity index is 2.14. The summed E-state index contributed by atoms with van der Waals surface area (Å²) in [4.78, 5) is 27.5. The van der Waals surface area contributed by atoms with Gasteiger partial charge in [-0.2, -0.15) is 0 Å². The van der Waals surface area contributed by atoms with Crippen LogP contribution in [0.2, 0.25) is 0 Å². The van der Waals surface area contributed by atoms with Gasteiger partial charge in [0.2, 0.25) is 5.91 Å². The Kier molecular flexibility index (Phi) is 7.09. The van der Waals surface area contributed by atoms with Crippen LogP contribution in [0.15, 0.2) is 4.99 Å². The first-order valence-corrected chi connectivity index (χ1v) is 7.49. The lowest BCUT2D eigenvalue weighted by atomic mass is 10.1. The monoisotopic (exact) mass is 304 g/mol. The van der Waals surface area contributed by atoms with Gasteiger partial charge in [0.1, 0.15) is 0 Å². The molecule has 114 valence electrons. The number of rotatable bonds is 7. The van der Waals surface area contributed by atoms with Crippen molar-refractivity contribution in [1.29, 1.82) is 0 Å². The number of carbonyl (C=O) groups is 1. The van der Waals surface area contributed by atoms with Gasteiger partial charge in [0, 0.05) is 18.8 Å². The molecular formula is C10H20N6O3S. The summed E-state index contributed by atoms with van der Waals surface area (Å²) in [5, 5.41) is 9.30. The second kappa shape index (κ2) is 8.59. The highest BCUT2D eigenvalue weighted by Crippen LogP contribution is 2.15. The van der Waals surface area contributed by atoms with E-state index in [2.05, 4.69) is 4.99 Å². The average molecular weight is 304 g/mol. The second-order valence-corrected chi connectivity index (χ2v) is 5.45. The maximum absolute atomic E-state index is 11.9. The van der Waals surface area contributed by atoms with Crippen molar-refractivity contribution in [3.8, 4) is 0 Å². The molecule has 1 fully saturated rings. The number of hydrogen-bond acceptors (Lipinski definition) is 6. The lowest BCUT2D eigenvalue weighted by Crippen LogP contribution is -2.42. The Morgan fingerprint density at radius 2 is 2.30 bits per heavy atom. The molecule has 1 saturated heterocycles. The van der Waals surface area contributed by atoms with Gasteiger partial charge in [-0.05, 0) is 19.3 Å². The maximum Gasteiger partial charge on any atom is 0.251 e. The van der Waals surface area contributed by atoms with Crippen molar-refractivity contribution in [1.82, 2.24) is 10.3 Å². The van der Waals surface area contributed by atoms with Gasteiger partial charge in [-0.3, -0.25) is 4.79 Å². The van der Waals surface area contributed by atoms with Crippen LogP contribution in [0.1, 0.15) is 19.3 Å². The van der Waals surface area contributed by atoms with Gasteiger partial charge < -0.3 is 16.4 Å². The number of hydrogen-bond donors (Lipinski definition) is 3. The Labute approximate surface area is 121 Å². The molecule has 9 nitrogen and oxygen atoms in total. The largest absolute Gasteiger partial charge is 0.365 e. The van der Waals surface area contributed by atoms with E-state index in [4.69, 9.17) is 11.5 Å². The average Bonchev–Trinajstić information content (AvgIpc) is 2.90. The first-order valence-electron chi connectivity index (χ1n) is 6.34. The van der Waals surface area contributed by atoms with Crippen molar-refractivity contribution in [2.75, 3.05) is 24.7 Å². The summed E-state index contributed by atoms with van der Waals surface area (Å²) in [5.41, 5.74) is 12.9. The molecule has 0 aromatic heterocycles. The molecule has 1 aliphatic heterocycles. The summed E-state index contributed by atoms with van der Waals surface area (Å²) in [7, 11) is 0. The van der Waals surface area contributed by atoms with Crippen LogP contribution in [0.4, 0.5) is 0 Å². The first kappa shape index (κ1) is 16.5. The molecule has 0 bridgehead atoms. The van der Waals surface area contributed by atoms with Crippen LogP contribution in [0.3, 0.4) is 0 Å². The quantitative estimate of drug-likeness (QED) is 0.182. The fraction of sp³-hybridized carbons (Fsp3) is 0.800. The molecule has 1 unspecified atom stereocenters. The molecule has 1 heterocycles. The number of aliphatic imine (C=N–C) groups is 1. The van der Waals surface area contributed by atoms with Gasteiger partial charge >= 0.3 is 0 Å². The lowest BCUT2D eigenvalue weighted by Gasteiger charge is -2.19. The fourth-order valence-corrected chi connectivity index (χ4v) is 2.71. The first-order chi connectivity index (χ1) is 9.50. The van der Waals surface area contributed by atoms with Crippen LogP contribution < -0.4 is 16.9 Å². The normalized spacial score (nSPS) is 17.1. The number of guanidine groups is 1. The molecular weight excluding hydrogens is 284 g/mol. The van der Waals surface area contributed by atoms with Crippen molar-refractivity contribution in [2.45, 2.75) is 25.3 Å². The topological polar surface area (TPSA) is 140 Å². The van der Waals surface area contributed by atoms with Gasteiger partial charge in [0.05, 0.1) is 11.9 Å².